The van der Waals surface area contributed by atoms with Crippen molar-refractivity contribution in [3.63, 3.8) is 0 Å². The molecule has 1 saturated heterocycles. The minimum atomic E-state index is -1.23. The molecule has 1 atom stereocenters. The molecule has 8 nitrogen and oxygen atoms in total. The molecule has 1 fully saturated rings. The van der Waals surface area contributed by atoms with E-state index in [0.717, 1.165) is 43.7 Å². The van der Waals surface area contributed by atoms with E-state index in [9.17, 15) is 15.0 Å². The van der Waals surface area contributed by atoms with Crippen molar-refractivity contribution in [2.75, 3.05) is 31.5 Å². The van der Waals surface area contributed by atoms with Crippen LogP contribution in [0.4, 0.5) is 5.82 Å². The Morgan fingerprint density at radius 3 is 3.00 bits per heavy atom. The predicted molar refractivity (Wildman–Crippen MR) is 92.2 cm³/mol. The van der Waals surface area contributed by atoms with Crippen molar-refractivity contribution in [2.45, 2.75) is 44.1 Å². The largest absolute Gasteiger partial charge is 0.481 e. The van der Waals surface area contributed by atoms with E-state index in [1.165, 1.54) is 5.56 Å². The van der Waals surface area contributed by atoms with Crippen LogP contribution in [0.15, 0.2) is 12.1 Å². The van der Waals surface area contributed by atoms with Crippen LogP contribution in [0.2, 0.25) is 0 Å². The summed E-state index contributed by atoms with van der Waals surface area (Å²) in [7, 11) is 0. The zero-order chi connectivity index (χ0) is 17.9. The highest BCUT2D eigenvalue weighted by atomic mass is 16.4. The van der Waals surface area contributed by atoms with Crippen molar-refractivity contribution < 1.29 is 20.1 Å². The Hall–Kier alpha value is -1.74. The van der Waals surface area contributed by atoms with Gasteiger partial charge in [-0.05, 0) is 43.9 Å². The molecule has 2 aliphatic rings. The first-order valence-electron chi connectivity index (χ1n) is 8.78. The number of hydrogen-bond donors (Lipinski definition) is 5. The highest BCUT2D eigenvalue weighted by Crippen LogP contribution is 2.25. The van der Waals surface area contributed by atoms with E-state index in [1.807, 2.05) is 0 Å². The molecule has 3 heterocycles. The van der Waals surface area contributed by atoms with Gasteiger partial charge in [-0.2, -0.15) is 0 Å². The van der Waals surface area contributed by atoms with E-state index >= 15 is 0 Å². The van der Waals surface area contributed by atoms with E-state index < -0.39 is 17.9 Å². The average molecular weight is 350 g/mol. The number of pyridine rings is 1. The highest BCUT2D eigenvalue weighted by Gasteiger charge is 2.45. The molecule has 0 amide bonds. The fourth-order valence-electron chi connectivity index (χ4n) is 3.41. The molecule has 1 aromatic rings. The van der Waals surface area contributed by atoms with Crippen molar-refractivity contribution >= 4 is 11.8 Å². The van der Waals surface area contributed by atoms with Crippen LogP contribution in [-0.4, -0.2) is 69.3 Å². The van der Waals surface area contributed by atoms with Crippen LogP contribution in [0, 0.1) is 0 Å². The van der Waals surface area contributed by atoms with Gasteiger partial charge in [-0.3, -0.25) is 15.0 Å². The number of aryl methyl sites for hydroxylation is 2. The molecule has 8 heteroatoms. The van der Waals surface area contributed by atoms with Crippen molar-refractivity contribution in [1.82, 2.24) is 15.2 Å². The topological polar surface area (TPSA) is 118 Å². The van der Waals surface area contributed by atoms with Gasteiger partial charge in [0.05, 0.1) is 6.42 Å². The molecule has 1 aromatic heterocycles. The average Bonchev–Trinajstić information content (AvgIpc) is 2.55. The zero-order valence-electron chi connectivity index (χ0n) is 14.2. The minimum absolute atomic E-state index is 0.158. The van der Waals surface area contributed by atoms with Crippen LogP contribution in [0.5, 0.6) is 0 Å². The molecular formula is C17H26N4O4. The quantitative estimate of drug-likeness (QED) is 0.322. The summed E-state index contributed by atoms with van der Waals surface area (Å²) in [5.74, 6) is -0.0355. The van der Waals surface area contributed by atoms with E-state index in [2.05, 4.69) is 27.8 Å². The highest BCUT2D eigenvalue weighted by molar-refractivity contribution is 5.68. The van der Waals surface area contributed by atoms with Crippen LogP contribution in [-0.2, 0) is 17.6 Å². The van der Waals surface area contributed by atoms with Crippen molar-refractivity contribution in [3.8, 4) is 0 Å². The molecule has 0 aromatic carbocycles. The number of likely N-dealkylation sites (tertiary alicyclic amines) is 1. The van der Waals surface area contributed by atoms with E-state index in [-0.39, 0.29) is 19.5 Å². The second-order valence-electron chi connectivity index (χ2n) is 6.97. The third-order valence-electron chi connectivity index (χ3n) is 4.71. The number of carboxylic acids is 1. The van der Waals surface area contributed by atoms with Gasteiger partial charge in [-0.1, -0.05) is 6.07 Å². The third kappa shape index (κ3) is 4.66. The fraction of sp³-hybridized carbons (Fsp3) is 0.647. The number of rotatable bonds is 8. The maximum atomic E-state index is 10.7. The van der Waals surface area contributed by atoms with Crippen LogP contribution in [0.25, 0.3) is 0 Å². The number of aliphatic hydroxyl groups excluding tert-OH is 1. The number of carboxylic acid groups (broad SMARTS) is 1. The first kappa shape index (κ1) is 18.1. The van der Waals surface area contributed by atoms with Gasteiger partial charge in [0, 0.05) is 25.3 Å². The number of nitrogens with zero attached hydrogens (tertiary/aromatic N) is 2. The molecule has 1 unspecified atom stereocenters. The Labute approximate surface area is 146 Å². The van der Waals surface area contributed by atoms with Crippen LogP contribution in [0.3, 0.4) is 0 Å². The number of anilines is 1. The van der Waals surface area contributed by atoms with Gasteiger partial charge in [-0.25, -0.2) is 4.98 Å². The maximum absolute atomic E-state index is 10.7. The lowest BCUT2D eigenvalue weighted by molar-refractivity contribution is -0.181. The molecule has 5 N–H and O–H groups in total. The Bertz CT molecular complexity index is 619. The van der Waals surface area contributed by atoms with Gasteiger partial charge in [0.1, 0.15) is 11.4 Å². The Morgan fingerprint density at radius 1 is 1.44 bits per heavy atom. The Morgan fingerprint density at radius 2 is 2.24 bits per heavy atom. The molecule has 25 heavy (non-hydrogen) atoms. The number of nitrogens with one attached hydrogen (secondary N) is 2. The number of aliphatic carboxylic acids is 1. The van der Waals surface area contributed by atoms with Gasteiger partial charge in [0.2, 0.25) is 0 Å². The summed E-state index contributed by atoms with van der Waals surface area (Å²) in [5, 5.41) is 35.0. The molecule has 3 rings (SSSR count). The molecule has 138 valence electrons. The van der Waals surface area contributed by atoms with Gasteiger partial charge in [0.15, 0.2) is 6.35 Å². The Balaban J connectivity index is 1.36. The molecular weight excluding hydrogens is 324 g/mol. The summed E-state index contributed by atoms with van der Waals surface area (Å²) in [6.45, 7) is 1.90. The van der Waals surface area contributed by atoms with Gasteiger partial charge in [-0.15, -0.1) is 0 Å². The molecule has 0 spiro atoms. The fourth-order valence-corrected chi connectivity index (χ4v) is 3.41. The van der Waals surface area contributed by atoms with Crippen LogP contribution in [0.1, 0.15) is 30.5 Å². The number of hydrogen-bond acceptors (Lipinski definition) is 7. The van der Waals surface area contributed by atoms with Gasteiger partial charge >= 0.3 is 5.97 Å². The number of fused-ring (bicyclic) bond motifs is 1. The van der Waals surface area contributed by atoms with Crippen molar-refractivity contribution in [3.05, 3.63) is 23.4 Å². The number of aromatic nitrogens is 1. The van der Waals surface area contributed by atoms with E-state index in [4.69, 9.17) is 5.11 Å². The molecule has 0 aliphatic carbocycles. The minimum Gasteiger partial charge on any atom is -0.481 e. The van der Waals surface area contributed by atoms with Crippen LogP contribution < -0.4 is 10.6 Å². The Kier molecular flexibility index (Phi) is 5.53. The van der Waals surface area contributed by atoms with E-state index in [0.29, 0.717) is 6.54 Å². The van der Waals surface area contributed by atoms with Gasteiger partial charge in [0.25, 0.3) is 0 Å². The lowest BCUT2D eigenvalue weighted by Crippen LogP contribution is -2.67. The molecule has 2 aliphatic heterocycles. The lowest BCUT2D eigenvalue weighted by Gasteiger charge is -2.47. The lowest BCUT2D eigenvalue weighted by atomic mass is 9.91. The van der Waals surface area contributed by atoms with Crippen molar-refractivity contribution in [1.29, 1.82) is 0 Å². The standard InChI is InChI=1S/C17H26N4O4/c22-14(23)9-17(25)10-21(11-17)16(24)19-8-2-4-13-6-5-12-3-1-7-18-15(12)20-13/h5-6,16,19,24-25H,1-4,7-11H2,(H,18,20)(H,22,23). The van der Waals surface area contributed by atoms with Crippen LogP contribution >= 0.6 is 0 Å². The SMILES string of the molecule is O=C(O)CC1(O)CN(C(O)NCCCc2ccc3c(n2)NCCC3)C1. The van der Waals surface area contributed by atoms with Crippen molar-refractivity contribution in [2.24, 2.45) is 0 Å². The normalized spacial score (nSPS) is 20.2. The molecule has 0 bridgehead atoms. The third-order valence-corrected chi connectivity index (χ3v) is 4.71. The summed E-state index contributed by atoms with van der Waals surface area (Å²) in [4.78, 5) is 16.9. The maximum Gasteiger partial charge on any atom is 0.306 e. The monoisotopic (exact) mass is 350 g/mol. The molecule has 0 saturated carbocycles. The summed E-state index contributed by atoms with van der Waals surface area (Å²) >= 11 is 0. The summed E-state index contributed by atoms with van der Waals surface area (Å²) < 4.78 is 0. The summed E-state index contributed by atoms with van der Waals surface area (Å²) in [6, 6.07) is 4.19. The van der Waals surface area contributed by atoms with E-state index in [1.54, 1.807) is 4.90 Å². The zero-order valence-corrected chi connectivity index (χ0v) is 14.2. The molecule has 0 radical (unpaired) electrons. The second kappa shape index (κ2) is 7.65. The number of carbonyl (C=O) groups is 1. The van der Waals surface area contributed by atoms with Gasteiger partial charge < -0.3 is 20.6 Å². The predicted octanol–water partition coefficient (Wildman–Crippen LogP) is -0.241. The summed E-state index contributed by atoms with van der Waals surface area (Å²) in [5.41, 5.74) is 1.08. The first-order valence-corrected chi connectivity index (χ1v) is 8.78. The smallest absolute Gasteiger partial charge is 0.306 e. The number of aliphatic hydroxyl groups is 2. The first-order chi connectivity index (χ1) is 12.0. The number of β-amino-alcohol motifs (C(OH)–C–C–N with tert-alkyl or cyclic N) is 1. The summed E-state index contributed by atoms with van der Waals surface area (Å²) in [6.07, 6.45) is 2.70. The second-order valence-corrected chi connectivity index (χ2v) is 6.97.